The van der Waals surface area contributed by atoms with Gasteiger partial charge in [-0.25, -0.2) is 4.79 Å². The second-order valence-corrected chi connectivity index (χ2v) is 5.32. The van der Waals surface area contributed by atoms with Crippen molar-refractivity contribution < 1.29 is 24.1 Å². The first-order chi connectivity index (χ1) is 12.1. The van der Waals surface area contributed by atoms with Gasteiger partial charge in [0.25, 0.3) is 0 Å². The Kier molecular flexibility index (Phi) is 7.04. The quantitative estimate of drug-likeness (QED) is 0.431. The Bertz CT molecular complexity index is 707. The molecular formula is C20H22O5. The summed E-state index contributed by atoms with van der Waals surface area (Å²) in [4.78, 5) is 11.0. The fourth-order valence-corrected chi connectivity index (χ4v) is 2.23. The van der Waals surface area contributed by atoms with Crippen LogP contribution in [0.25, 0.3) is 11.1 Å². The molecule has 25 heavy (non-hydrogen) atoms. The van der Waals surface area contributed by atoms with Crippen molar-refractivity contribution in [1.29, 1.82) is 0 Å². The third kappa shape index (κ3) is 5.65. The summed E-state index contributed by atoms with van der Waals surface area (Å²) in [6.45, 7) is 6.00. The summed E-state index contributed by atoms with van der Waals surface area (Å²) < 4.78 is 16.1. The zero-order valence-electron chi connectivity index (χ0n) is 14.2. The molecule has 2 aromatic rings. The molecule has 0 aromatic heterocycles. The summed E-state index contributed by atoms with van der Waals surface area (Å²) in [5, 5.41) is 8.80. The molecular weight excluding hydrogens is 320 g/mol. The second-order valence-electron chi connectivity index (χ2n) is 5.32. The number of aliphatic hydroxyl groups is 1. The van der Waals surface area contributed by atoms with Gasteiger partial charge in [0.05, 0.1) is 6.61 Å². The molecule has 0 aliphatic carbocycles. The van der Waals surface area contributed by atoms with Crippen molar-refractivity contribution in [3.8, 4) is 22.6 Å². The molecule has 0 spiro atoms. The first-order valence-corrected chi connectivity index (χ1v) is 8.01. The van der Waals surface area contributed by atoms with E-state index in [4.69, 9.17) is 19.3 Å². The zero-order valence-corrected chi connectivity index (χ0v) is 14.2. The van der Waals surface area contributed by atoms with E-state index in [0.717, 1.165) is 28.5 Å². The minimum Gasteiger partial charge on any atom is -0.491 e. The number of carbonyl (C=O) groups is 1. The predicted octanol–water partition coefficient (Wildman–Crippen LogP) is 3.14. The molecule has 0 saturated heterocycles. The van der Waals surface area contributed by atoms with Crippen LogP contribution in [0.4, 0.5) is 0 Å². The maximum absolute atomic E-state index is 11.0. The Balaban J connectivity index is 2.09. The van der Waals surface area contributed by atoms with E-state index in [1.165, 1.54) is 0 Å². The van der Waals surface area contributed by atoms with E-state index in [0.29, 0.717) is 5.75 Å². The van der Waals surface area contributed by atoms with Gasteiger partial charge in [0.15, 0.2) is 0 Å². The molecule has 132 valence electrons. The number of aryl methyl sites for hydroxylation is 1. The van der Waals surface area contributed by atoms with Crippen LogP contribution in [0.1, 0.15) is 5.56 Å². The van der Waals surface area contributed by atoms with E-state index in [1.807, 2.05) is 49.4 Å². The van der Waals surface area contributed by atoms with Crippen LogP contribution >= 0.6 is 0 Å². The fraction of sp³-hybridized carbons (Fsp3) is 0.250. The maximum atomic E-state index is 11.0. The van der Waals surface area contributed by atoms with Crippen molar-refractivity contribution in [2.24, 2.45) is 0 Å². The maximum Gasteiger partial charge on any atom is 0.330 e. The highest BCUT2D eigenvalue weighted by molar-refractivity contribution is 5.81. The Morgan fingerprint density at radius 2 is 1.84 bits per heavy atom. The fourth-order valence-electron chi connectivity index (χ4n) is 2.23. The normalized spacial score (nSPS) is 10.2. The topological polar surface area (TPSA) is 65.0 Å². The number of hydrogen-bond donors (Lipinski definition) is 1. The summed E-state index contributed by atoms with van der Waals surface area (Å²) in [7, 11) is 0. The van der Waals surface area contributed by atoms with Crippen LogP contribution in [0.5, 0.6) is 11.5 Å². The molecule has 2 aromatic carbocycles. The van der Waals surface area contributed by atoms with Crippen molar-refractivity contribution >= 4 is 5.97 Å². The molecule has 5 nitrogen and oxygen atoms in total. The van der Waals surface area contributed by atoms with Gasteiger partial charge in [0, 0.05) is 11.6 Å². The third-order valence-electron chi connectivity index (χ3n) is 3.41. The summed E-state index contributed by atoms with van der Waals surface area (Å²) in [5.74, 6) is 0.953. The SMILES string of the molecule is C=CC(=O)OCCOc1cc(C)ccc1-c1ccc(OCCO)cc1. The lowest BCUT2D eigenvalue weighted by Crippen LogP contribution is -2.10. The third-order valence-corrected chi connectivity index (χ3v) is 3.41. The summed E-state index contributed by atoms with van der Waals surface area (Å²) in [5.41, 5.74) is 2.99. The molecule has 0 radical (unpaired) electrons. The summed E-state index contributed by atoms with van der Waals surface area (Å²) in [6.07, 6.45) is 1.12. The van der Waals surface area contributed by atoms with Crippen LogP contribution in [0.3, 0.4) is 0 Å². The van der Waals surface area contributed by atoms with E-state index in [-0.39, 0.29) is 26.4 Å². The Morgan fingerprint density at radius 1 is 1.08 bits per heavy atom. The van der Waals surface area contributed by atoms with Crippen LogP contribution in [0.2, 0.25) is 0 Å². The molecule has 0 fully saturated rings. The molecule has 0 unspecified atom stereocenters. The number of rotatable bonds is 9. The van der Waals surface area contributed by atoms with E-state index in [2.05, 4.69) is 6.58 Å². The standard InChI is InChI=1S/C20H22O5/c1-3-20(22)25-13-12-24-19-14-15(2)4-9-18(19)16-5-7-17(8-6-16)23-11-10-21/h3-9,14,21H,1,10-13H2,2H3. The van der Waals surface area contributed by atoms with Crippen molar-refractivity contribution in [3.63, 3.8) is 0 Å². The summed E-state index contributed by atoms with van der Waals surface area (Å²) in [6, 6.07) is 13.5. The van der Waals surface area contributed by atoms with E-state index >= 15 is 0 Å². The molecule has 2 rings (SSSR count). The van der Waals surface area contributed by atoms with Gasteiger partial charge >= 0.3 is 5.97 Å². The minimum atomic E-state index is -0.466. The Morgan fingerprint density at radius 3 is 2.52 bits per heavy atom. The molecule has 0 saturated carbocycles. The van der Waals surface area contributed by atoms with Crippen molar-refractivity contribution in [2.75, 3.05) is 26.4 Å². The van der Waals surface area contributed by atoms with Crippen molar-refractivity contribution in [2.45, 2.75) is 6.92 Å². The highest BCUT2D eigenvalue weighted by atomic mass is 16.6. The number of aliphatic hydroxyl groups excluding tert-OH is 1. The van der Waals surface area contributed by atoms with Gasteiger partial charge in [-0.15, -0.1) is 0 Å². The number of benzene rings is 2. The average molecular weight is 342 g/mol. The molecule has 1 N–H and O–H groups in total. The lowest BCUT2D eigenvalue weighted by molar-refractivity contribution is -0.138. The first-order valence-electron chi connectivity index (χ1n) is 8.01. The van der Waals surface area contributed by atoms with Gasteiger partial charge in [-0.3, -0.25) is 0 Å². The predicted molar refractivity (Wildman–Crippen MR) is 95.8 cm³/mol. The molecule has 0 aliphatic rings. The number of esters is 1. The number of carbonyl (C=O) groups excluding carboxylic acids is 1. The minimum absolute atomic E-state index is 0.0197. The van der Waals surface area contributed by atoms with Crippen LogP contribution in [-0.2, 0) is 9.53 Å². The van der Waals surface area contributed by atoms with Crippen LogP contribution < -0.4 is 9.47 Å². The smallest absolute Gasteiger partial charge is 0.330 e. The second kappa shape index (κ2) is 9.49. The number of ether oxygens (including phenoxy) is 3. The molecule has 0 heterocycles. The first kappa shape index (κ1) is 18.5. The lowest BCUT2D eigenvalue weighted by atomic mass is 10.0. The van der Waals surface area contributed by atoms with Gasteiger partial charge in [0.1, 0.15) is 31.3 Å². The van der Waals surface area contributed by atoms with Crippen LogP contribution in [0.15, 0.2) is 55.1 Å². The van der Waals surface area contributed by atoms with Gasteiger partial charge in [-0.2, -0.15) is 0 Å². The highest BCUT2D eigenvalue weighted by Gasteiger charge is 2.08. The average Bonchev–Trinajstić information content (AvgIpc) is 2.64. The van der Waals surface area contributed by atoms with Gasteiger partial charge < -0.3 is 19.3 Å². The molecule has 0 bridgehead atoms. The van der Waals surface area contributed by atoms with E-state index < -0.39 is 5.97 Å². The molecule has 0 aliphatic heterocycles. The van der Waals surface area contributed by atoms with Crippen molar-refractivity contribution in [3.05, 3.63) is 60.7 Å². The molecule has 0 amide bonds. The van der Waals surface area contributed by atoms with Gasteiger partial charge in [-0.1, -0.05) is 30.8 Å². The van der Waals surface area contributed by atoms with Crippen molar-refractivity contribution in [1.82, 2.24) is 0 Å². The van der Waals surface area contributed by atoms with Crippen LogP contribution in [0, 0.1) is 6.92 Å². The van der Waals surface area contributed by atoms with Crippen LogP contribution in [-0.4, -0.2) is 37.5 Å². The van der Waals surface area contributed by atoms with E-state index in [9.17, 15) is 4.79 Å². The Hall–Kier alpha value is -2.79. The number of hydrogen-bond acceptors (Lipinski definition) is 5. The van der Waals surface area contributed by atoms with Gasteiger partial charge in [-0.05, 0) is 36.2 Å². The van der Waals surface area contributed by atoms with E-state index in [1.54, 1.807) is 0 Å². The summed E-state index contributed by atoms with van der Waals surface area (Å²) >= 11 is 0. The van der Waals surface area contributed by atoms with Gasteiger partial charge in [0.2, 0.25) is 0 Å². The lowest BCUT2D eigenvalue weighted by Gasteiger charge is -2.13. The Labute approximate surface area is 147 Å². The monoisotopic (exact) mass is 342 g/mol. The zero-order chi connectivity index (χ0) is 18.1. The highest BCUT2D eigenvalue weighted by Crippen LogP contribution is 2.32. The molecule has 5 heteroatoms. The largest absolute Gasteiger partial charge is 0.491 e. The molecule has 0 atom stereocenters.